The number of anilines is 2. The summed E-state index contributed by atoms with van der Waals surface area (Å²) in [5, 5.41) is 10.0. The van der Waals surface area contributed by atoms with Crippen LogP contribution in [0.3, 0.4) is 0 Å². The van der Waals surface area contributed by atoms with Gasteiger partial charge in [-0.3, -0.25) is 4.68 Å². The van der Waals surface area contributed by atoms with Crippen molar-refractivity contribution in [2.45, 2.75) is 25.8 Å². The van der Waals surface area contributed by atoms with E-state index in [-0.39, 0.29) is 0 Å². The Balaban J connectivity index is 1.39. The Hall–Kier alpha value is -3.71. The Labute approximate surface area is 194 Å². The first-order valence-electron chi connectivity index (χ1n) is 11.4. The van der Waals surface area contributed by atoms with Gasteiger partial charge in [-0.05, 0) is 55.0 Å². The predicted octanol–water partition coefficient (Wildman–Crippen LogP) is 4.43. The van der Waals surface area contributed by atoms with Crippen molar-refractivity contribution in [3.05, 3.63) is 72.8 Å². The summed E-state index contributed by atoms with van der Waals surface area (Å²) in [6.45, 7) is 3.92. The van der Waals surface area contributed by atoms with E-state index in [0.717, 1.165) is 70.7 Å². The lowest BCUT2D eigenvalue weighted by Crippen LogP contribution is -2.40. The molecule has 1 saturated heterocycles. The van der Waals surface area contributed by atoms with E-state index in [1.54, 1.807) is 0 Å². The molecule has 7 nitrogen and oxygen atoms in total. The first-order chi connectivity index (χ1) is 16.1. The summed E-state index contributed by atoms with van der Waals surface area (Å²) in [7, 11) is 1.93. The summed E-state index contributed by atoms with van der Waals surface area (Å²) in [5.74, 6) is 1.80. The fourth-order valence-electron chi connectivity index (χ4n) is 4.30. The van der Waals surface area contributed by atoms with Crippen LogP contribution in [-0.2, 0) is 7.05 Å². The number of hydrogen-bond donors (Lipinski definition) is 2. The van der Waals surface area contributed by atoms with E-state index in [1.165, 1.54) is 0 Å². The quantitative estimate of drug-likeness (QED) is 0.479. The van der Waals surface area contributed by atoms with Crippen molar-refractivity contribution in [3.63, 3.8) is 0 Å². The molecule has 0 aliphatic carbocycles. The molecule has 33 heavy (non-hydrogen) atoms. The SMILES string of the molecule is C/C=C(\Nc1cc2cc(-c3cnn(C)c3)ccc2cn1)c1ccnc(N2CCC(N)CC2)c1. The van der Waals surface area contributed by atoms with Crippen LogP contribution in [0.4, 0.5) is 11.6 Å². The maximum Gasteiger partial charge on any atom is 0.130 e. The van der Waals surface area contributed by atoms with Crippen LogP contribution < -0.4 is 16.0 Å². The molecule has 4 aromatic rings. The molecule has 0 saturated carbocycles. The Morgan fingerprint density at radius 1 is 1.03 bits per heavy atom. The van der Waals surface area contributed by atoms with Gasteiger partial charge in [0.25, 0.3) is 0 Å². The Morgan fingerprint density at radius 3 is 2.64 bits per heavy atom. The monoisotopic (exact) mass is 439 g/mol. The summed E-state index contributed by atoms with van der Waals surface area (Å²) in [6, 6.07) is 13.0. The number of hydrogen-bond acceptors (Lipinski definition) is 6. The molecular formula is C26H29N7. The third-order valence-electron chi connectivity index (χ3n) is 6.23. The van der Waals surface area contributed by atoms with Crippen LogP contribution >= 0.6 is 0 Å². The van der Waals surface area contributed by atoms with E-state index in [9.17, 15) is 0 Å². The number of nitrogens with two attached hydrogens (primary N) is 1. The number of aryl methyl sites for hydroxylation is 1. The zero-order valence-electron chi connectivity index (χ0n) is 19.1. The van der Waals surface area contributed by atoms with E-state index in [4.69, 9.17) is 5.73 Å². The molecule has 168 valence electrons. The predicted molar refractivity (Wildman–Crippen MR) is 135 cm³/mol. The van der Waals surface area contributed by atoms with Crippen molar-refractivity contribution in [3.8, 4) is 11.1 Å². The smallest absolute Gasteiger partial charge is 0.130 e. The number of allylic oxidation sites excluding steroid dienone is 1. The van der Waals surface area contributed by atoms with Crippen LogP contribution in [0, 0.1) is 0 Å². The van der Waals surface area contributed by atoms with E-state index in [0.29, 0.717) is 6.04 Å². The summed E-state index contributed by atoms with van der Waals surface area (Å²) < 4.78 is 1.82. The van der Waals surface area contributed by atoms with Gasteiger partial charge in [0, 0.05) is 67.0 Å². The molecule has 0 unspecified atom stereocenters. The molecule has 1 aromatic carbocycles. The van der Waals surface area contributed by atoms with Crippen molar-refractivity contribution in [1.29, 1.82) is 0 Å². The highest BCUT2D eigenvalue weighted by Gasteiger charge is 2.18. The molecule has 1 aliphatic rings. The lowest BCUT2D eigenvalue weighted by atomic mass is 10.0. The molecule has 3 aromatic heterocycles. The first-order valence-corrected chi connectivity index (χ1v) is 11.4. The van der Waals surface area contributed by atoms with Gasteiger partial charge in [0.1, 0.15) is 11.6 Å². The van der Waals surface area contributed by atoms with Crippen molar-refractivity contribution in [2.24, 2.45) is 12.8 Å². The maximum atomic E-state index is 6.07. The minimum Gasteiger partial charge on any atom is -0.356 e. The van der Waals surface area contributed by atoms with Gasteiger partial charge in [-0.15, -0.1) is 0 Å². The highest BCUT2D eigenvalue weighted by Crippen LogP contribution is 2.27. The molecule has 7 heteroatoms. The molecule has 0 radical (unpaired) electrons. The zero-order chi connectivity index (χ0) is 22.8. The lowest BCUT2D eigenvalue weighted by molar-refractivity contribution is 0.498. The summed E-state index contributed by atoms with van der Waals surface area (Å²) in [4.78, 5) is 11.6. The maximum absolute atomic E-state index is 6.07. The average Bonchev–Trinajstić information content (AvgIpc) is 3.29. The second-order valence-corrected chi connectivity index (χ2v) is 8.59. The fourth-order valence-corrected chi connectivity index (χ4v) is 4.30. The molecule has 0 amide bonds. The van der Waals surface area contributed by atoms with Gasteiger partial charge in [-0.25, -0.2) is 9.97 Å². The molecule has 0 bridgehead atoms. The number of rotatable bonds is 5. The molecular weight excluding hydrogens is 410 g/mol. The van der Waals surface area contributed by atoms with Gasteiger partial charge in [-0.2, -0.15) is 5.10 Å². The first kappa shape index (κ1) is 21.2. The average molecular weight is 440 g/mol. The lowest BCUT2D eigenvalue weighted by Gasteiger charge is -2.31. The van der Waals surface area contributed by atoms with E-state index < -0.39 is 0 Å². The van der Waals surface area contributed by atoms with Gasteiger partial charge in [-0.1, -0.05) is 18.2 Å². The molecule has 1 aliphatic heterocycles. The number of pyridine rings is 2. The number of fused-ring (bicyclic) bond motifs is 1. The molecule has 4 heterocycles. The van der Waals surface area contributed by atoms with Crippen LogP contribution in [0.5, 0.6) is 0 Å². The van der Waals surface area contributed by atoms with Gasteiger partial charge < -0.3 is 16.0 Å². The molecule has 0 atom stereocenters. The summed E-state index contributed by atoms with van der Waals surface area (Å²) in [6.07, 6.45) is 11.8. The van der Waals surface area contributed by atoms with Gasteiger partial charge >= 0.3 is 0 Å². The number of piperidine rings is 1. The Morgan fingerprint density at radius 2 is 1.88 bits per heavy atom. The van der Waals surface area contributed by atoms with Crippen LogP contribution in [0.1, 0.15) is 25.3 Å². The Bertz CT molecular complexity index is 1300. The van der Waals surface area contributed by atoms with E-state index >= 15 is 0 Å². The normalized spacial score (nSPS) is 15.2. The number of nitrogens with one attached hydrogen (secondary N) is 1. The fraction of sp³-hybridized carbons (Fsp3) is 0.269. The zero-order valence-corrected chi connectivity index (χ0v) is 19.1. The standard InChI is InChI=1S/C26H29N7/c1-3-24(19-6-9-28-26(14-19)33-10-7-23(27)8-11-33)31-25-13-21-12-18(4-5-20(21)15-29-25)22-16-30-32(2)17-22/h3-6,9,12-17,23H,7-8,10-11,27H2,1-2H3,(H,29,31)/b24-3-. The molecule has 3 N–H and O–H groups in total. The van der Waals surface area contributed by atoms with Crippen LogP contribution in [0.15, 0.2) is 67.3 Å². The number of nitrogens with zero attached hydrogens (tertiary/aromatic N) is 5. The molecule has 5 rings (SSSR count). The summed E-state index contributed by atoms with van der Waals surface area (Å²) in [5.41, 5.74) is 10.4. The largest absolute Gasteiger partial charge is 0.356 e. The van der Waals surface area contributed by atoms with Gasteiger partial charge in [0.05, 0.1) is 6.20 Å². The van der Waals surface area contributed by atoms with Crippen LogP contribution in [0.25, 0.3) is 27.6 Å². The van der Waals surface area contributed by atoms with Crippen molar-refractivity contribution < 1.29 is 0 Å². The second-order valence-electron chi connectivity index (χ2n) is 8.59. The highest BCUT2D eigenvalue weighted by atomic mass is 15.2. The molecule has 1 fully saturated rings. The van der Waals surface area contributed by atoms with E-state index in [1.807, 2.05) is 49.5 Å². The second kappa shape index (κ2) is 9.03. The van der Waals surface area contributed by atoms with Crippen molar-refractivity contribution >= 4 is 28.1 Å². The van der Waals surface area contributed by atoms with Gasteiger partial charge in [0.15, 0.2) is 0 Å². The third-order valence-corrected chi connectivity index (χ3v) is 6.23. The Kier molecular flexibility index (Phi) is 5.79. The minimum absolute atomic E-state index is 0.301. The van der Waals surface area contributed by atoms with Crippen molar-refractivity contribution in [2.75, 3.05) is 23.3 Å². The van der Waals surface area contributed by atoms with Crippen LogP contribution in [-0.4, -0.2) is 38.9 Å². The van der Waals surface area contributed by atoms with Crippen molar-refractivity contribution in [1.82, 2.24) is 19.7 Å². The molecule has 0 spiro atoms. The summed E-state index contributed by atoms with van der Waals surface area (Å²) >= 11 is 0. The topological polar surface area (TPSA) is 84.9 Å². The van der Waals surface area contributed by atoms with Gasteiger partial charge in [0.2, 0.25) is 0 Å². The van der Waals surface area contributed by atoms with Crippen LogP contribution in [0.2, 0.25) is 0 Å². The number of aromatic nitrogens is 4. The highest BCUT2D eigenvalue weighted by molar-refractivity contribution is 5.89. The number of benzene rings is 1. The third kappa shape index (κ3) is 4.59. The minimum atomic E-state index is 0.301. The van der Waals surface area contributed by atoms with E-state index in [2.05, 4.69) is 61.7 Å².